The van der Waals surface area contributed by atoms with Crippen molar-refractivity contribution < 1.29 is 14.3 Å². The quantitative estimate of drug-likeness (QED) is 0.0562. The van der Waals surface area contributed by atoms with Gasteiger partial charge in [-0.2, -0.15) is 0 Å². The molecule has 0 atom stereocenters. The second-order valence-electron chi connectivity index (χ2n) is 16.0. The van der Waals surface area contributed by atoms with Gasteiger partial charge in [-0.05, 0) is 60.4 Å². The van der Waals surface area contributed by atoms with E-state index in [0.717, 1.165) is 59.8 Å². The smallest absolute Gasteiger partial charge is 0.194 e. The molecule has 294 valence electrons. The highest BCUT2D eigenvalue weighted by Crippen LogP contribution is 2.40. The molecule has 0 aromatic heterocycles. The summed E-state index contributed by atoms with van der Waals surface area (Å²) in [5.74, 6) is 1.70. The molecule has 1 aliphatic rings. The molecular weight excluding hydrogens is 637 g/mol. The van der Waals surface area contributed by atoms with E-state index in [-0.39, 0.29) is 5.78 Å². The van der Waals surface area contributed by atoms with E-state index in [2.05, 4.69) is 26.0 Å². The van der Waals surface area contributed by atoms with Crippen molar-refractivity contribution in [2.45, 2.75) is 219 Å². The van der Waals surface area contributed by atoms with Gasteiger partial charge in [-0.3, -0.25) is 4.79 Å². The Morgan fingerprint density at radius 2 is 0.577 bits per heavy atom. The van der Waals surface area contributed by atoms with Gasteiger partial charge in [-0.1, -0.05) is 206 Å². The normalized spacial score (nSPS) is 12.0. The van der Waals surface area contributed by atoms with E-state index >= 15 is 0 Å². The molecule has 2 aromatic carbocycles. The van der Waals surface area contributed by atoms with E-state index in [1.807, 2.05) is 24.3 Å². The van der Waals surface area contributed by atoms with Crippen LogP contribution in [0, 0.1) is 0 Å². The van der Waals surface area contributed by atoms with Crippen molar-refractivity contribution >= 4 is 5.78 Å². The van der Waals surface area contributed by atoms with E-state index in [1.165, 1.54) is 193 Å². The second-order valence-corrected chi connectivity index (χ2v) is 16.0. The summed E-state index contributed by atoms with van der Waals surface area (Å²) in [6.07, 6.45) is 43.8. The zero-order valence-corrected chi connectivity index (χ0v) is 34.2. The minimum Gasteiger partial charge on any atom is -0.494 e. The molecule has 2 aromatic rings. The first-order valence-corrected chi connectivity index (χ1v) is 22.8. The molecule has 3 rings (SSSR count). The van der Waals surface area contributed by atoms with Crippen LogP contribution in [0.1, 0.15) is 235 Å². The summed E-state index contributed by atoms with van der Waals surface area (Å²) in [6, 6.07) is 12.0. The molecular formula is C49H80O3. The molecule has 0 unspecified atom stereocenters. The number of benzene rings is 2. The Kier molecular flexibility index (Phi) is 25.5. The summed E-state index contributed by atoms with van der Waals surface area (Å²) in [5.41, 5.74) is 3.54. The Bertz CT molecular complexity index is 1080. The fourth-order valence-electron chi connectivity index (χ4n) is 7.90. The summed E-state index contributed by atoms with van der Waals surface area (Å²) < 4.78 is 12.2. The Morgan fingerprint density at radius 3 is 0.846 bits per heavy atom. The van der Waals surface area contributed by atoms with Crippen LogP contribution in [0.3, 0.4) is 0 Å². The summed E-state index contributed by atoms with van der Waals surface area (Å²) in [6.45, 7) is 6.02. The highest BCUT2D eigenvalue weighted by atomic mass is 16.5. The summed E-state index contributed by atoms with van der Waals surface area (Å²) in [4.78, 5) is 13.3. The van der Waals surface area contributed by atoms with Crippen LogP contribution in [0.4, 0.5) is 0 Å². The number of ketones is 1. The van der Waals surface area contributed by atoms with Gasteiger partial charge in [0.05, 0.1) is 13.2 Å². The maximum atomic E-state index is 13.3. The van der Waals surface area contributed by atoms with Crippen LogP contribution in [0.2, 0.25) is 0 Å². The molecule has 0 bridgehead atoms. The monoisotopic (exact) mass is 717 g/mol. The van der Waals surface area contributed by atoms with Crippen LogP contribution in [-0.4, -0.2) is 19.0 Å². The summed E-state index contributed by atoms with van der Waals surface area (Å²) >= 11 is 0. The SMILES string of the molecule is CCCCCCCCCCCCCCCCCCOc1ccc2c(c1)C(=O)c1cc(OCCCCCCCCCCCCCCCCCC)ccc1-2. The van der Waals surface area contributed by atoms with Gasteiger partial charge >= 0.3 is 0 Å². The molecule has 0 fully saturated rings. The lowest BCUT2D eigenvalue weighted by molar-refractivity contribution is 0.104. The molecule has 0 saturated carbocycles. The van der Waals surface area contributed by atoms with Gasteiger partial charge in [0.25, 0.3) is 0 Å². The molecule has 3 nitrogen and oxygen atoms in total. The third kappa shape index (κ3) is 19.2. The Balaban J connectivity index is 1.16. The molecule has 52 heavy (non-hydrogen) atoms. The number of hydrogen-bond acceptors (Lipinski definition) is 3. The second kappa shape index (κ2) is 30.1. The maximum absolute atomic E-state index is 13.3. The lowest BCUT2D eigenvalue weighted by Crippen LogP contribution is -2.01. The predicted octanol–water partition coefficient (Wildman–Crippen LogP) is 16.2. The van der Waals surface area contributed by atoms with Gasteiger partial charge in [0.15, 0.2) is 5.78 Å². The van der Waals surface area contributed by atoms with Crippen molar-refractivity contribution in [2.24, 2.45) is 0 Å². The maximum Gasteiger partial charge on any atom is 0.194 e. The van der Waals surface area contributed by atoms with Gasteiger partial charge < -0.3 is 9.47 Å². The van der Waals surface area contributed by atoms with E-state index in [0.29, 0.717) is 0 Å². The van der Waals surface area contributed by atoms with Crippen LogP contribution < -0.4 is 9.47 Å². The molecule has 0 amide bonds. The van der Waals surface area contributed by atoms with Crippen molar-refractivity contribution in [1.29, 1.82) is 0 Å². The number of ether oxygens (including phenoxy) is 2. The number of hydrogen-bond donors (Lipinski definition) is 0. The van der Waals surface area contributed by atoms with Gasteiger partial charge in [-0.15, -0.1) is 0 Å². The predicted molar refractivity (Wildman–Crippen MR) is 225 cm³/mol. The van der Waals surface area contributed by atoms with Gasteiger partial charge in [0.1, 0.15) is 11.5 Å². The topological polar surface area (TPSA) is 35.5 Å². The molecule has 0 N–H and O–H groups in total. The standard InChI is InChI=1S/C49H80O3/c1-3-5-7-9-11-13-15-17-19-21-23-25-27-29-31-33-39-51-43-35-37-45-46-38-36-44(42-48(46)49(50)47(45)41-43)52-40-34-32-30-28-26-24-22-20-18-16-14-12-10-8-6-4-2/h35-38,41-42H,3-34,39-40H2,1-2H3. The molecule has 0 aliphatic heterocycles. The first kappa shape index (κ1) is 44.1. The minimum atomic E-state index is 0.0886. The van der Waals surface area contributed by atoms with E-state index < -0.39 is 0 Å². The lowest BCUT2D eigenvalue weighted by atomic mass is 10.0. The summed E-state index contributed by atoms with van der Waals surface area (Å²) in [7, 11) is 0. The lowest BCUT2D eigenvalue weighted by Gasteiger charge is -2.08. The van der Waals surface area contributed by atoms with Crippen molar-refractivity contribution in [3.8, 4) is 22.6 Å². The van der Waals surface area contributed by atoms with Crippen molar-refractivity contribution in [3.63, 3.8) is 0 Å². The van der Waals surface area contributed by atoms with Crippen molar-refractivity contribution in [1.82, 2.24) is 0 Å². The third-order valence-electron chi connectivity index (χ3n) is 11.3. The highest BCUT2D eigenvalue weighted by Gasteiger charge is 2.27. The molecule has 0 radical (unpaired) electrons. The van der Waals surface area contributed by atoms with E-state index in [9.17, 15) is 4.79 Å². The first-order chi connectivity index (χ1) is 25.7. The van der Waals surface area contributed by atoms with Crippen LogP contribution in [0.5, 0.6) is 11.5 Å². The number of fused-ring (bicyclic) bond motifs is 3. The summed E-state index contributed by atoms with van der Waals surface area (Å²) in [5, 5.41) is 0. The number of rotatable bonds is 36. The Hall–Kier alpha value is -2.29. The van der Waals surface area contributed by atoms with E-state index in [4.69, 9.17) is 9.47 Å². The average Bonchev–Trinajstić information content (AvgIpc) is 3.44. The fraction of sp³-hybridized carbons (Fsp3) is 0.735. The number of unbranched alkanes of at least 4 members (excludes halogenated alkanes) is 30. The zero-order valence-electron chi connectivity index (χ0n) is 34.2. The average molecular weight is 717 g/mol. The van der Waals surface area contributed by atoms with Crippen molar-refractivity contribution in [3.05, 3.63) is 47.5 Å². The zero-order chi connectivity index (χ0) is 36.7. The van der Waals surface area contributed by atoms with Gasteiger partial charge in [-0.25, -0.2) is 0 Å². The number of carbonyl (C=O) groups is 1. The van der Waals surface area contributed by atoms with Crippen LogP contribution in [-0.2, 0) is 0 Å². The largest absolute Gasteiger partial charge is 0.494 e. The van der Waals surface area contributed by atoms with Gasteiger partial charge in [0, 0.05) is 11.1 Å². The highest BCUT2D eigenvalue weighted by molar-refractivity contribution is 6.22. The third-order valence-corrected chi connectivity index (χ3v) is 11.3. The molecule has 3 heteroatoms. The van der Waals surface area contributed by atoms with Gasteiger partial charge in [0.2, 0.25) is 0 Å². The first-order valence-electron chi connectivity index (χ1n) is 22.8. The van der Waals surface area contributed by atoms with E-state index in [1.54, 1.807) is 0 Å². The fourth-order valence-corrected chi connectivity index (χ4v) is 7.90. The molecule has 0 heterocycles. The molecule has 0 spiro atoms. The minimum absolute atomic E-state index is 0.0886. The molecule has 1 aliphatic carbocycles. The van der Waals surface area contributed by atoms with Crippen LogP contribution >= 0.6 is 0 Å². The number of carbonyl (C=O) groups excluding carboxylic acids is 1. The molecule has 0 saturated heterocycles. The van der Waals surface area contributed by atoms with Crippen molar-refractivity contribution in [2.75, 3.05) is 13.2 Å². The Morgan fingerprint density at radius 1 is 0.327 bits per heavy atom. The van der Waals surface area contributed by atoms with Crippen LogP contribution in [0.15, 0.2) is 36.4 Å². The Labute approximate surface area is 321 Å². The van der Waals surface area contributed by atoms with Crippen LogP contribution in [0.25, 0.3) is 11.1 Å².